The van der Waals surface area contributed by atoms with Gasteiger partial charge in [0.25, 0.3) is 5.69 Å². The fourth-order valence-corrected chi connectivity index (χ4v) is 2.47. The number of nitro groups is 1. The van der Waals surface area contributed by atoms with Gasteiger partial charge in [-0.05, 0) is 31.8 Å². The zero-order chi connectivity index (χ0) is 17.7. The van der Waals surface area contributed by atoms with Crippen LogP contribution in [0.25, 0.3) is 0 Å². The number of nitrogens with zero attached hydrogens (tertiary/aromatic N) is 2. The molecule has 0 radical (unpaired) electrons. The van der Waals surface area contributed by atoms with Crippen LogP contribution in [0.3, 0.4) is 0 Å². The van der Waals surface area contributed by atoms with E-state index < -0.39 is 10.8 Å². The van der Waals surface area contributed by atoms with E-state index in [2.05, 4.69) is 5.32 Å². The molecule has 3 N–H and O–H groups in total. The summed E-state index contributed by atoms with van der Waals surface area (Å²) in [7, 11) is 3.90. The van der Waals surface area contributed by atoms with Gasteiger partial charge in [-0.15, -0.1) is 0 Å². The second-order valence-electron chi connectivity index (χ2n) is 5.62. The molecular weight excluding hydrogens is 308 g/mol. The molecule has 0 saturated heterocycles. The molecule has 24 heavy (non-hydrogen) atoms. The quantitative estimate of drug-likeness (QED) is 0.600. The number of carbonyl (C=O) groups excluding carboxylic acids is 1. The summed E-state index contributed by atoms with van der Waals surface area (Å²) in [5, 5.41) is 14.4. The molecule has 0 bridgehead atoms. The summed E-state index contributed by atoms with van der Waals surface area (Å²) in [5.74, 6) is -0.694. The van der Waals surface area contributed by atoms with Gasteiger partial charge in [0.15, 0.2) is 0 Å². The average molecular weight is 328 g/mol. The maximum atomic E-state index is 11.2. The highest BCUT2D eigenvalue weighted by atomic mass is 16.6. The molecule has 126 valence electrons. The average Bonchev–Trinajstić information content (AvgIpc) is 2.55. The summed E-state index contributed by atoms with van der Waals surface area (Å²) in [6.07, 6.45) is 0. The molecule has 1 atom stereocenters. The molecule has 2 aromatic rings. The molecule has 2 rings (SSSR count). The van der Waals surface area contributed by atoms with E-state index in [4.69, 9.17) is 5.73 Å². The van der Waals surface area contributed by atoms with Crippen molar-refractivity contribution in [3.63, 3.8) is 0 Å². The Labute approximate surface area is 140 Å². The molecule has 0 spiro atoms. The number of carbonyl (C=O) groups is 1. The van der Waals surface area contributed by atoms with Crippen molar-refractivity contribution >= 4 is 17.3 Å². The zero-order valence-electron chi connectivity index (χ0n) is 13.6. The lowest BCUT2D eigenvalue weighted by molar-refractivity contribution is -0.384. The predicted octanol–water partition coefficient (Wildman–Crippen LogP) is 2.41. The minimum Gasteiger partial charge on any atom is -0.378 e. The largest absolute Gasteiger partial charge is 0.378 e. The molecule has 0 aliphatic heterocycles. The number of hydrogen-bond donors (Lipinski definition) is 2. The van der Waals surface area contributed by atoms with E-state index >= 15 is 0 Å². The molecule has 7 heteroatoms. The van der Waals surface area contributed by atoms with Crippen molar-refractivity contribution < 1.29 is 9.72 Å². The Kier molecular flexibility index (Phi) is 5.49. The van der Waals surface area contributed by atoms with Crippen LogP contribution in [0.2, 0.25) is 0 Å². The third-order valence-electron chi connectivity index (χ3n) is 3.77. The normalized spacial score (nSPS) is 12.0. The summed E-state index contributed by atoms with van der Waals surface area (Å²) in [6, 6.07) is 14.1. The highest BCUT2D eigenvalue weighted by molar-refractivity contribution is 5.94. The number of benzene rings is 2. The Morgan fingerprint density at radius 3 is 2.46 bits per heavy atom. The number of amides is 1. The SMILES string of the molecule is CN(C)[C@H](CNc1ccc(C(N)=O)cc1[N+](=O)[O-])c1ccccc1. The number of hydrogen-bond acceptors (Lipinski definition) is 5. The number of anilines is 1. The van der Waals surface area contributed by atoms with Gasteiger partial charge in [-0.3, -0.25) is 14.9 Å². The van der Waals surface area contributed by atoms with Gasteiger partial charge < -0.3 is 16.0 Å². The number of likely N-dealkylation sites (N-methyl/N-ethyl adjacent to an activating group) is 1. The van der Waals surface area contributed by atoms with Crippen LogP contribution in [0.5, 0.6) is 0 Å². The highest BCUT2D eigenvalue weighted by Gasteiger charge is 2.19. The van der Waals surface area contributed by atoms with Crippen LogP contribution in [0.4, 0.5) is 11.4 Å². The lowest BCUT2D eigenvalue weighted by Gasteiger charge is -2.25. The van der Waals surface area contributed by atoms with Gasteiger partial charge in [0.05, 0.1) is 11.0 Å². The predicted molar refractivity (Wildman–Crippen MR) is 93.0 cm³/mol. The fraction of sp³-hybridized carbons (Fsp3) is 0.235. The molecule has 0 saturated carbocycles. The Morgan fingerprint density at radius 2 is 1.92 bits per heavy atom. The third-order valence-corrected chi connectivity index (χ3v) is 3.77. The van der Waals surface area contributed by atoms with Crippen molar-refractivity contribution in [1.82, 2.24) is 4.90 Å². The fourth-order valence-electron chi connectivity index (χ4n) is 2.47. The summed E-state index contributed by atoms with van der Waals surface area (Å²) in [6.45, 7) is 0.480. The van der Waals surface area contributed by atoms with Gasteiger partial charge in [0, 0.05) is 18.2 Å². The number of nitrogens with one attached hydrogen (secondary N) is 1. The molecule has 7 nitrogen and oxygen atoms in total. The summed E-state index contributed by atoms with van der Waals surface area (Å²) < 4.78 is 0. The number of nitro benzene ring substituents is 1. The van der Waals surface area contributed by atoms with Crippen molar-refractivity contribution in [2.75, 3.05) is 26.0 Å². The molecular formula is C17H20N4O3. The van der Waals surface area contributed by atoms with Crippen LogP contribution in [0.15, 0.2) is 48.5 Å². The standard InChI is InChI=1S/C17H20N4O3/c1-20(2)16(12-6-4-3-5-7-12)11-19-14-9-8-13(17(18)22)10-15(14)21(23)24/h3-10,16,19H,11H2,1-2H3,(H2,18,22)/t16-/m1/s1. The molecule has 0 aliphatic rings. The van der Waals surface area contributed by atoms with Crippen LogP contribution in [-0.4, -0.2) is 36.4 Å². The van der Waals surface area contributed by atoms with E-state index in [9.17, 15) is 14.9 Å². The summed E-state index contributed by atoms with van der Waals surface area (Å²) >= 11 is 0. The van der Waals surface area contributed by atoms with Crippen molar-refractivity contribution in [2.24, 2.45) is 5.73 Å². The second-order valence-corrected chi connectivity index (χ2v) is 5.62. The number of nitrogens with two attached hydrogens (primary N) is 1. The Hall–Kier alpha value is -2.93. The minimum atomic E-state index is -0.694. The number of rotatable bonds is 7. The molecule has 0 fully saturated rings. The maximum absolute atomic E-state index is 11.2. The van der Waals surface area contributed by atoms with Gasteiger partial charge >= 0.3 is 0 Å². The first-order valence-corrected chi connectivity index (χ1v) is 7.43. The van der Waals surface area contributed by atoms with E-state index in [-0.39, 0.29) is 17.3 Å². The Balaban J connectivity index is 2.23. The third kappa shape index (κ3) is 4.08. The van der Waals surface area contributed by atoms with E-state index in [1.807, 2.05) is 49.3 Å². The van der Waals surface area contributed by atoms with Crippen LogP contribution in [0.1, 0.15) is 22.0 Å². The van der Waals surface area contributed by atoms with E-state index in [0.29, 0.717) is 12.2 Å². The first-order chi connectivity index (χ1) is 11.4. The first kappa shape index (κ1) is 17.4. The van der Waals surface area contributed by atoms with E-state index in [1.54, 1.807) is 0 Å². The zero-order valence-corrected chi connectivity index (χ0v) is 13.6. The van der Waals surface area contributed by atoms with E-state index in [1.165, 1.54) is 18.2 Å². The van der Waals surface area contributed by atoms with Gasteiger partial charge in [-0.2, -0.15) is 0 Å². The molecule has 0 aliphatic carbocycles. The number of primary amides is 1. The van der Waals surface area contributed by atoms with Gasteiger partial charge in [-0.25, -0.2) is 0 Å². The summed E-state index contributed by atoms with van der Waals surface area (Å²) in [5.41, 5.74) is 6.58. The van der Waals surface area contributed by atoms with Crippen molar-refractivity contribution in [1.29, 1.82) is 0 Å². The Morgan fingerprint density at radius 1 is 1.25 bits per heavy atom. The van der Waals surface area contributed by atoms with Crippen LogP contribution in [-0.2, 0) is 0 Å². The van der Waals surface area contributed by atoms with Crippen LogP contribution >= 0.6 is 0 Å². The highest BCUT2D eigenvalue weighted by Crippen LogP contribution is 2.27. The molecule has 0 aromatic heterocycles. The lowest BCUT2D eigenvalue weighted by Crippen LogP contribution is -2.27. The maximum Gasteiger partial charge on any atom is 0.293 e. The van der Waals surface area contributed by atoms with Crippen molar-refractivity contribution in [3.05, 3.63) is 69.8 Å². The second kappa shape index (κ2) is 7.56. The van der Waals surface area contributed by atoms with Crippen molar-refractivity contribution in [3.8, 4) is 0 Å². The van der Waals surface area contributed by atoms with Gasteiger partial charge in [-0.1, -0.05) is 30.3 Å². The van der Waals surface area contributed by atoms with Crippen LogP contribution in [0, 0.1) is 10.1 Å². The molecule has 1 amide bonds. The molecule has 0 unspecified atom stereocenters. The monoisotopic (exact) mass is 328 g/mol. The minimum absolute atomic E-state index is 0.0432. The van der Waals surface area contributed by atoms with Gasteiger partial charge in [0.2, 0.25) is 5.91 Å². The van der Waals surface area contributed by atoms with E-state index in [0.717, 1.165) is 5.56 Å². The lowest BCUT2D eigenvalue weighted by atomic mass is 10.1. The molecule has 0 heterocycles. The topological polar surface area (TPSA) is 102 Å². The van der Waals surface area contributed by atoms with Crippen molar-refractivity contribution in [2.45, 2.75) is 6.04 Å². The van der Waals surface area contributed by atoms with Crippen LogP contribution < -0.4 is 11.1 Å². The first-order valence-electron chi connectivity index (χ1n) is 7.43. The smallest absolute Gasteiger partial charge is 0.293 e. The summed E-state index contributed by atoms with van der Waals surface area (Å²) in [4.78, 5) is 24.0. The molecule has 2 aromatic carbocycles. The Bertz CT molecular complexity index is 732. The van der Waals surface area contributed by atoms with Gasteiger partial charge in [0.1, 0.15) is 5.69 Å².